The minimum atomic E-state index is -1.03. The molecule has 1 amide bonds. The highest BCUT2D eigenvalue weighted by molar-refractivity contribution is 5.97. The van der Waals surface area contributed by atoms with E-state index < -0.39 is 18.0 Å². The molecule has 0 spiro atoms. The van der Waals surface area contributed by atoms with E-state index in [2.05, 4.69) is 10.4 Å². The standard InChI is InChI=1S/C22H23N3O5/c1-4-29-18-12-10-16(11-13-18)23-21(26)15(2)30-22(27)20-19(28-3)14-25(24-20)17-8-6-5-7-9-17/h5-15H,4H2,1-3H3,(H,23,26)/t15-/m1/s1. The molecule has 8 heteroatoms. The number of benzene rings is 2. The van der Waals surface area contributed by atoms with Crippen molar-refractivity contribution >= 4 is 17.6 Å². The fraction of sp³-hybridized carbons (Fsp3) is 0.227. The molecule has 1 atom stereocenters. The first-order valence-corrected chi connectivity index (χ1v) is 9.45. The number of hydrogen-bond acceptors (Lipinski definition) is 6. The van der Waals surface area contributed by atoms with E-state index in [0.717, 1.165) is 5.69 Å². The third-order valence-corrected chi connectivity index (χ3v) is 4.20. The molecule has 8 nitrogen and oxygen atoms in total. The molecule has 0 saturated heterocycles. The van der Waals surface area contributed by atoms with Crippen LogP contribution in [-0.2, 0) is 9.53 Å². The Morgan fingerprint density at radius 1 is 1.10 bits per heavy atom. The Morgan fingerprint density at radius 3 is 2.43 bits per heavy atom. The molecule has 2 aromatic carbocycles. The first-order chi connectivity index (χ1) is 14.5. The number of nitrogens with zero attached hydrogens (tertiary/aromatic N) is 2. The van der Waals surface area contributed by atoms with Gasteiger partial charge in [0.2, 0.25) is 5.69 Å². The van der Waals surface area contributed by atoms with Gasteiger partial charge in [-0.2, -0.15) is 5.10 Å². The zero-order valence-corrected chi connectivity index (χ0v) is 17.0. The summed E-state index contributed by atoms with van der Waals surface area (Å²) >= 11 is 0. The highest BCUT2D eigenvalue weighted by Crippen LogP contribution is 2.21. The van der Waals surface area contributed by atoms with Gasteiger partial charge < -0.3 is 19.5 Å². The van der Waals surface area contributed by atoms with Crippen LogP contribution in [-0.4, -0.2) is 41.5 Å². The number of carbonyl (C=O) groups excluding carboxylic acids is 2. The summed E-state index contributed by atoms with van der Waals surface area (Å²) in [6, 6.07) is 16.2. The van der Waals surface area contributed by atoms with Crippen molar-refractivity contribution in [2.24, 2.45) is 0 Å². The van der Waals surface area contributed by atoms with Crippen molar-refractivity contribution in [3.05, 3.63) is 66.5 Å². The van der Waals surface area contributed by atoms with Gasteiger partial charge in [0.15, 0.2) is 11.9 Å². The van der Waals surface area contributed by atoms with Crippen LogP contribution in [0, 0.1) is 0 Å². The fourth-order valence-electron chi connectivity index (χ4n) is 2.68. The highest BCUT2D eigenvalue weighted by Gasteiger charge is 2.25. The molecule has 156 valence electrons. The predicted molar refractivity (Wildman–Crippen MR) is 111 cm³/mol. The first-order valence-electron chi connectivity index (χ1n) is 9.45. The van der Waals surface area contributed by atoms with Gasteiger partial charge in [-0.3, -0.25) is 4.79 Å². The van der Waals surface area contributed by atoms with Crippen LogP contribution in [0.2, 0.25) is 0 Å². The lowest BCUT2D eigenvalue weighted by Gasteiger charge is -2.13. The lowest BCUT2D eigenvalue weighted by Crippen LogP contribution is -2.30. The van der Waals surface area contributed by atoms with Crippen LogP contribution in [0.3, 0.4) is 0 Å². The van der Waals surface area contributed by atoms with Crippen molar-refractivity contribution < 1.29 is 23.8 Å². The molecule has 1 aromatic heterocycles. The monoisotopic (exact) mass is 409 g/mol. The largest absolute Gasteiger partial charge is 0.494 e. The molecule has 0 radical (unpaired) electrons. The van der Waals surface area contributed by atoms with Crippen molar-refractivity contribution in [3.63, 3.8) is 0 Å². The minimum Gasteiger partial charge on any atom is -0.494 e. The van der Waals surface area contributed by atoms with E-state index in [4.69, 9.17) is 14.2 Å². The molecule has 0 unspecified atom stereocenters. The fourth-order valence-corrected chi connectivity index (χ4v) is 2.68. The zero-order chi connectivity index (χ0) is 21.5. The van der Waals surface area contributed by atoms with Gasteiger partial charge in [-0.15, -0.1) is 0 Å². The molecule has 0 aliphatic heterocycles. The van der Waals surface area contributed by atoms with Gasteiger partial charge in [0.25, 0.3) is 5.91 Å². The molecular weight excluding hydrogens is 386 g/mol. The molecule has 0 bridgehead atoms. The van der Waals surface area contributed by atoms with Crippen LogP contribution in [0.15, 0.2) is 60.8 Å². The number of nitrogens with one attached hydrogen (secondary N) is 1. The third kappa shape index (κ3) is 4.96. The quantitative estimate of drug-likeness (QED) is 0.573. The second-order valence-corrected chi connectivity index (χ2v) is 6.32. The summed E-state index contributed by atoms with van der Waals surface area (Å²) in [5, 5.41) is 6.95. The van der Waals surface area contributed by atoms with Gasteiger partial charge >= 0.3 is 5.97 Å². The van der Waals surface area contributed by atoms with E-state index >= 15 is 0 Å². The van der Waals surface area contributed by atoms with Gasteiger partial charge in [0, 0.05) is 5.69 Å². The summed E-state index contributed by atoms with van der Waals surface area (Å²) in [6.07, 6.45) is 0.548. The van der Waals surface area contributed by atoms with Crippen molar-refractivity contribution in [1.29, 1.82) is 0 Å². The average molecular weight is 409 g/mol. The molecular formula is C22H23N3O5. The summed E-state index contributed by atoms with van der Waals surface area (Å²) in [4.78, 5) is 25.0. The van der Waals surface area contributed by atoms with Crippen LogP contribution < -0.4 is 14.8 Å². The molecule has 30 heavy (non-hydrogen) atoms. The molecule has 1 heterocycles. The number of methoxy groups -OCH3 is 1. The smallest absolute Gasteiger partial charge is 0.363 e. The lowest BCUT2D eigenvalue weighted by atomic mass is 10.3. The van der Waals surface area contributed by atoms with Crippen molar-refractivity contribution in [3.8, 4) is 17.2 Å². The van der Waals surface area contributed by atoms with E-state index in [0.29, 0.717) is 18.0 Å². The average Bonchev–Trinajstić information content (AvgIpc) is 3.20. The number of carbonyl (C=O) groups is 2. The van der Waals surface area contributed by atoms with Gasteiger partial charge in [-0.05, 0) is 50.2 Å². The summed E-state index contributed by atoms with van der Waals surface area (Å²) in [6.45, 7) is 3.94. The van der Waals surface area contributed by atoms with Crippen LogP contribution in [0.4, 0.5) is 5.69 Å². The molecule has 0 aliphatic rings. The number of esters is 1. The van der Waals surface area contributed by atoms with E-state index in [1.54, 1.807) is 30.5 Å². The van der Waals surface area contributed by atoms with E-state index in [-0.39, 0.29) is 11.4 Å². The van der Waals surface area contributed by atoms with Crippen LogP contribution >= 0.6 is 0 Å². The van der Waals surface area contributed by atoms with Gasteiger partial charge in [0.05, 0.1) is 25.6 Å². The predicted octanol–water partition coefficient (Wildman–Crippen LogP) is 3.46. The Morgan fingerprint density at radius 2 is 1.80 bits per heavy atom. The first kappa shape index (κ1) is 20.9. The Bertz CT molecular complexity index is 999. The molecule has 3 aromatic rings. The van der Waals surface area contributed by atoms with Crippen LogP contribution in [0.25, 0.3) is 5.69 Å². The number of rotatable bonds is 8. The van der Waals surface area contributed by atoms with Gasteiger partial charge in [-0.1, -0.05) is 18.2 Å². The number of hydrogen-bond donors (Lipinski definition) is 1. The molecule has 0 aliphatic carbocycles. The lowest BCUT2D eigenvalue weighted by molar-refractivity contribution is -0.123. The Hall–Kier alpha value is -3.81. The van der Waals surface area contributed by atoms with Gasteiger partial charge in [0.1, 0.15) is 5.75 Å². The van der Waals surface area contributed by atoms with Crippen LogP contribution in [0.1, 0.15) is 24.3 Å². The Balaban J connectivity index is 1.66. The number of anilines is 1. The van der Waals surface area contributed by atoms with Crippen molar-refractivity contribution in [2.75, 3.05) is 19.0 Å². The van der Waals surface area contributed by atoms with E-state index in [9.17, 15) is 9.59 Å². The zero-order valence-electron chi connectivity index (χ0n) is 17.0. The number of aromatic nitrogens is 2. The van der Waals surface area contributed by atoms with Crippen molar-refractivity contribution in [2.45, 2.75) is 20.0 Å². The third-order valence-electron chi connectivity index (χ3n) is 4.20. The van der Waals surface area contributed by atoms with Crippen molar-refractivity contribution in [1.82, 2.24) is 9.78 Å². The summed E-state index contributed by atoms with van der Waals surface area (Å²) in [5.74, 6) is -0.260. The molecule has 0 fully saturated rings. The Kier molecular flexibility index (Phi) is 6.69. The number of amides is 1. The molecule has 3 rings (SSSR count). The Labute approximate surface area is 174 Å². The number of para-hydroxylation sites is 1. The highest BCUT2D eigenvalue weighted by atomic mass is 16.6. The molecule has 1 N–H and O–H groups in total. The maximum absolute atomic E-state index is 12.6. The number of ether oxygens (including phenoxy) is 3. The maximum atomic E-state index is 12.6. The summed E-state index contributed by atoms with van der Waals surface area (Å²) in [7, 11) is 1.44. The second-order valence-electron chi connectivity index (χ2n) is 6.32. The minimum absolute atomic E-state index is 0.0120. The SMILES string of the molecule is CCOc1ccc(NC(=O)[C@@H](C)OC(=O)c2nn(-c3ccccc3)cc2OC)cc1. The normalized spacial score (nSPS) is 11.4. The van der Waals surface area contributed by atoms with E-state index in [1.165, 1.54) is 18.7 Å². The second kappa shape index (κ2) is 9.60. The van der Waals surface area contributed by atoms with Gasteiger partial charge in [-0.25, -0.2) is 9.48 Å². The maximum Gasteiger partial charge on any atom is 0.363 e. The molecule has 0 saturated carbocycles. The topological polar surface area (TPSA) is 91.7 Å². The summed E-state index contributed by atoms with van der Waals surface area (Å²) < 4.78 is 17.4. The van der Waals surface area contributed by atoms with Crippen LogP contribution in [0.5, 0.6) is 11.5 Å². The van der Waals surface area contributed by atoms with E-state index in [1.807, 2.05) is 37.3 Å². The summed E-state index contributed by atoms with van der Waals surface area (Å²) in [5.41, 5.74) is 1.32.